The van der Waals surface area contributed by atoms with Crippen LogP contribution in [0.2, 0.25) is 0 Å². The predicted molar refractivity (Wildman–Crippen MR) is 64.5 cm³/mol. The van der Waals surface area contributed by atoms with E-state index >= 15 is 0 Å². The fraction of sp³-hybridized carbons (Fsp3) is 0.417. The molecule has 2 nitrogen and oxygen atoms in total. The van der Waals surface area contributed by atoms with Crippen LogP contribution in [-0.2, 0) is 0 Å². The molecule has 3 heteroatoms. The molecule has 1 aromatic carbocycles. The summed E-state index contributed by atoms with van der Waals surface area (Å²) in [4.78, 5) is 11.5. The van der Waals surface area contributed by atoms with E-state index in [0.717, 1.165) is 10.9 Å². The molecular formula is C12H15BrO2. The highest BCUT2D eigenvalue weighted by atomic mass is 79.9. The van der Waals surface area contributed by atoms with Crippen LogP contribution in [0.1, 0.15) is 37.0 Å². The lowest BCUT2D eigenvalue weighted by atomic mass is 10.1. The Hall–Kier alpha value is -0.830. The predicted octanol–water partition coefficient (Wildman–Crippen LogP) is 3.83. The minimum Gasteiger partial charge on any atom is -0.493 e. The summed E-state index contributed by atoms with van der Waals surface area (Å²) in [5.74, 6) is 0.886. The van der Waals surface area contributed by atoms with Crippen molar-refractivity contribution in [2.24, 2.45) is 0 Å². The highest BCUT2D eigenvalue weighted by Gasteiger charge is 2.16. The normalized spacial score (nSPS) is 14.2. The van der Waals surface area contributed by atoms with Crippen molar-refractivity contribution in [1.82, 2.24) is 0 Å². The van der Waals surface area contributed by atoms with Crippen LogP contribution < -0.4 is 4.74 Å². The fourth-order valence-corrected chi connectivity index (χ4v) is 1.74. The van der Waals surface area contributed by atoms with Gasteiger partial charge in [-0.2, -0.15) is 0 Å². The standard InChI is InChI=1S/C10H9BrO2.C2H6/c11-7-3-4-8-9(12)2-1-5-13-10(8)6-7;1-2/h3-4,6H,1-2,5H2;1-2H3. The van der Waals surface area contributed by atoms with Gasteiger partial charge in [-0.15, -0.1) is 0 Å². The third-order valence-corrected chi connectivity index (χ3v) is 2.54. The van der Waals surface area contributed by atoms with Crippen molar-refractivity contribution in [3.05, 3.63) is 28.2 Å². The highest BCUT2D eigenvalue weighted by Crippen LogP contribution is 2.27. The zero-order valence-electron chi connectivity index (χ0n) is 9.05. The molecule has 0 radical (unpaired) electrons. The van der Waals surface area contributed by atoms with Crippen LogP contribution in [0.3, 0.4) is 0 Å². The fourth-order valence-electron chi connectivity index (χ4n) is 1.40. The van der Waals surface area contributed by atoms with Gasteiger partial charge in [0.25, 0.3) is 0 Å². The third-order valence-electron chi connectivity index (χ3n) is 2.05. The van der Waals surface area contributed by atoms with E-state index in [1.165, 1.54) is 0 Å². The van der Waals surface area contributed by atoms with Crippen molar-refractivity contribution < 1.29 is 9.53 Å². The van der Waals surface area contributed by atoms with Crippen LogP contribution in [0.4, 0.5) is 0 Å². The van der Waals surface area contributed by atoms with E-state index in [-0.39, 0.29) is 5.78 Å². The Morgan fingerprint density at radius 1 is 1.33 bits per heavy atom. The van der Waals surface area contributed by atoms with E-state index < -0.39 is 0 Å². The van der Waals surface area contributed by atoms with Gasteiger partial charge in [0.2, 0.25) is 0 Å². The average Bonchev–Trinajstić information content (AvgIpc) is 2.43. The Kier molecular flexibility index (Phi) is 4.82. The van der Waals surface area contributed by atoms with Gasteiger partial charge in [0.1, 0.15) is 5.75 Å². The second kappa shape index (κ2) is 5.91. The van der Waals surface area contributed by atoms with Gasteiger partial charge in [0.15, 0.2) is 5.78 Å². The first kappa shape index (κ1) is 12.2. The van der Waals surface area contributed by atoms with Crippen LogP contribution in [0.5, 0.6) is 5.75 Å². The molecule has 0 bridgehead atoms. The Balaban J connectivity index is 0.000000531. The molecule has 0 atom stereocenters. The summed E-state index contributed by atoms with van der Waals surface area (Å²) in [6, 6.07) is 5.52. The van der Waals surface area contributed by atoms with Gasteiger partial charge in [-0.25, -0.2) is 0 Å². The minimum absolute atomic E-state index is 0.181. The molecule has 15 heavy (non-hydrogen) atoms. The second-order valence-corrected chi connectivity index (χ2v) is 3.93. The summed E-state index contributed by atoms with van der Waals surface area (Å²) in [5.41, 5.74) is 0.709. The van der Waals surface area contributed by atoms with Crippen molar-refractivity contribution >= 4 is 21.7 Å². The molecule has 0 aliphatic carbocycles. The van der Waals surface area contributed by atoms with E-state index in [4.69, 9.17) is 4.74 Å². The number of hydrogen-bond acceptors (Lipinski definition) is 2. The van der Waals surface area contributed by atoms with Gasteiger partial charge in [-0.3, -0.25) is 4.79 Å². The number of hydrogen-bond donors (Lipinski definition) is 0. The maximum atomic E-state index is 11.5. The maximum absolute atomic E-state index is 11.5. The summed E-state index contributed by atoms with van der Waals surface area (Å²) in [5, 5.41) is 0. The topological polar surface area (TPSA) is 26.3 Å². The zero-order chi connectivity index (χ0) is 11.3. The van der Waals surface area contributed by atoms with E-state index in [1.807, 2.05) is 32.0 Å². The number of fused-ring (bicyclic) bond motifs is 1. The lowest BCUT2D eigenvalue weighted by Crippen LogP contribution is -1.96. The molecular weight excluding hydrogens is 256 g/mol. The molecule has 1 aromatic rings. The average molecular weight is 271 g/mol. The molecule has 0 N–H and O–H groups in total. The monoisotopic (exact) mass is 270 g/mol. The molecule has 0 fully saturated rings. The summed E-state index contributed by atoms with van der Waals surface area (Å²) in [7, 11) is 0. The highest BCUT2D eigenvalue weighted by molar-refractivity contribution is 9.10. The number of Topliss-reactive ketones (excluding diaryl/α,β-unsaturated/α-hetero) is 1. The SMILES string of the molecule is CC.O=C1CCCOc2cc(Br)ccc21. The smallest absolute Gasteiger partial charge is 0.166 e. The Morgan fingerprint density at radius 3 is 2.80 bits per heavy atom. The quantitative estimate of drug-likeness (QED) is 0.716. The van der Waals surface area contributed by atoms with Gasteiger partial charge in [-0.05, 0) is 24.6 Å². The van der Waals surface area contributed by atoms with E-state index in [0.29, 0.717) is 24.3 Å². The molecule has 1 aliphatic rings. The molecule has 0 saturated carbocycles. The van der Waals surface area contributed by atoms with Gasteiger partial charge in [-0.1, -0.05) is 29.8 Å². The number of rotatable bonds is 0. The molecule has 0 aromatic heterocycles. The number of carbonyl (C=O) groups excluding carboxylic acids is 1. The maximum Gasteiger partial charge on any atom is 0.166 e. The lowest BCUT2D eigenvalue weighted by Gasteiger charge is -2.05. The number of benzene rings is 1. The van der Waals surface area contributed by atoms with E-state index in [1.54, 1.807) is 0 Å². The Morgan fingerprint density at radius 2 is 2.07 bits per heavy atom. The first-order valence-electron chi connectivity index (χ1n) is 5.23. The molecule has 1 heterocycles. The zero-order valence-corrected chi connectivity index (χ0v) is 10.6. The van der Waals surface area contributed by atoms with Crippen LogP contribution >= 0.6 is 15.9 Å². The molecule has 0 unspecified atom stereocenters. The lowest BCUT2D eigenvalue weighted by molar-refractivity contribution is 0.0983. The summed E-state index contributed by atoms with van der Waals surface area (Å²) in [6.07, 6.45) is 1.40. The second-order valence-electron chi connectivity index (χ2n) is 3.02. The van der Waals surface area contributed by atoms with Crippen LogP contribution in [0, 0.1) is 0 Å². The number of carbonyl (C=O) groups is 1. The van der Waals surface area contributed by atoms with Gasteiger partial charge < -0.3 is 4.74 Å². The number of ketones is 1. The van der Waals surface area contributed by atoms with Crippen molar-refractivity contribution in [1.29, 1.82) is 0 Å². The van der Waals surface area contributed by atoms with E-state index in [2.05, 4.69) is 15.9 Å². The van der Waals surface area contributed by atoms with Crippen molar-refractivity contribution in [3.8, 4) is 5.75 Å². The van der Waals surface area contributed by atoms with Crippen molar-refractivity contribution in [3.63, 3.8) is 0 Å². The molecule has 0 amide bonds. The summed E-state index contributed by atoms with van der Waals surface area (Å²) in [6.45, 7) is 4.63. The molecule has 0 spiro atoms. The van der Waals surface area contributed by atoms with Crippen LogP contribution in [0.15, 0.2) is 22.7 Å². The van der Waals surface area contributed by atoms with Crippen molar-refractivity contribution in [2.75, 3.05) is 6.61 Å². The molecule has 0 saturated heterocycles. The van der Waals surface area contributed by atoms with Gasteiger partial charge in [0, 0.05) is 10.9 Å². The first-order chi connectivity index (χ1) is 7.27. The largest absolute Gasteiger partial charge is 0.493 e. The van der Waals surface area contributed by atoms with Gasteiger partial charge in [0.05, 0.1) is 12.2 Å². The number of ether oxygens (including phenoxy) is 1. The Labute approximate surface area is 98.8 Å². The Bertz CT molecular complexity index is 347. The van der Waals surface area contributed by atoms with Crippen LogP contribution in [-0.4, -0.2) is 12.4 Å². The van der Waals surface area contributed by atoms with E-state index in [9.17, 15) is 4.79 Å². The molecule has 2 rings (SSSR count). The minimum atomic E-state index is 0.181. The summed E-state index contributed by atoms with van der Waals surface area (Å²) < 4.78 is 6.39. The summed E-state index contributed by atoms with van der Waals surface area (Å²) >= 11 is 3.34. The first-order valence-corrected chi connectivity index (χ1v) is 6.02. The molecule has 1 aliphatic heterocycles. The number of halogens is 1. The van der Waals surface area contributed by atoms with Crippen molar-refractivity contribution in [2.45, 2.75) is 26.7 Å². The molecule has 82 valence electrons. The third kappa shape index (κ3) is 3.06. The van der Waals surface area contributed by atoms with Gasteiger partial charge >= 0.3 is 0 Å². The van der Waals surface area contributed by atoms with Crippen LogP contribution in [0.25, 0.3) is 0 Å².